The number of piperidine rings is 1. The zero-order valence-corrected chi connectivity index (χ0v) is 12.1. The summed E-state index contributed by atoms with van der Waals surface area (Å²) in [5.74, 6) is -0.221. The van der Waals surface area contributed by atoms with E-state index in [4.69, 9.17) is 5.73 Å². The smallest absolute Gasteiger partial charge is 0.224 e. The first-order valence-corrected chi connectivity index (χ1v) is 7.43. The molecule has 1 aromatic rings. The Morgan fingerprint density at radius 2 is 2.00 bits per heavy atom. The zero-order chi connectivity index (χ0) is 15.2. The van der Waals surface area contributed by atoms with Crippen LogP contribution in [-0.4, -0.2) is 36.6 Å². The zero-order valence-electron chi connectivity index (χ0n) is 12.1. The molecule has 0 bridgehead atoms. The molecule has 0 radical (unpaired) electrons. The third-order valence-corrected chi connectivity index (χ3v) is 4.06. The molecule has 21 heavy (non-hydrogen) atoms. The number of nitrogens with two attached hydrogens (primary N) is 1. The van der Waals surface area contributed by atoms with Crippen molar-refractivity contribution in [1.82, 2.24) is 4.90 Å². The molecular weight excluding hydrogens is 274 g/mol. The molecule has 1 heterocycles. The summed E-state index contributed by atoms with van der Waals surface area (Å²) in [4.78, 5) is 13.9. The molecule has 1 fully saturated rings. The maximum atomic E-state index is 13.5. The number of carbonyl (C=O) groups is 1. The van der Waals surface area contributed by atoms with Crippen LogP contribution < -0.4 is 5.73 Å². The molecule has 1 saturated heterocycles. The number of halogens is 2. The lowest BCUT2D eigenvalue weighted by Crippen LogP contribution is -2.41. The molecule has 1 aromatic carbocycles. The number of benzene rings is 1. The van der Waals surface area contributed by atoms with E-state index in [1.165, 1.54) is 6.07 Å². The molecule has 2 N–H and O–H groups in total. The van der Waals surface area contributed by atoms with Crippen LogP contribution in [0.1, 0.15) is 24.8 Å². The summed E-state index contributed by atoms with van der Waals surface area (Å²) in [5, 5.41) is 0. The van der Waals surface area contributed by atoms with Crippen LogP contribution in [-0.2, 0) is 11.2 Å². The lowest BCUT2D eigenvalue weighted by Gasteiger charge is -2.31. The number of likely N-dealkylation sites (tertiary alicyclic amines) is 1. The molecule has 1 amide bonds. The fourth-order valence-corrected chi connectivity index (χ4v) is 2.71. The quantitative estimate of drug-likeness (QED) is 0.906. The first-order valence-electron chi connectivity index (χ1n) is 7.43. The van der Waals surface area contributed by atoms with E-state index in [0.29, 0.717) is 37.9 Å². The molecule has 116 valence electrons. The number of hydrogen-bond acceptors (Lipinski definition) is 2. The van der Waals surface area contributed by atoms with Gasteiger partial charge in [0.2, 0.25) is 5.91 Å². The van der Waals surface area contributed by atoms with Gasteiger partial charge < -0.3 is 10.6 Å². The van der Waals surface area contributed by atoms with Crippen LogP contribution >= 0.6 is 0 Å². The largest absolute Gasteiger partial charge is 0.343 e. The predicted octanol–water partition coefficient (Wildman–Crippen LogP) is 2.29. The molecule has 5 heteroatoms. The molecule has 1 aliphatic heterocycles. The fourth-order valence-electron chi connectivity index (χ4n) is 2.71. The second-order valence-electron chi connectivity index (χ2n) is 5.74. The van der Waals surface area contributed by atoms with Gasteiger partial charge >= 0.3 is 0 Å². The first kappa shape index (κ1) is 15.9. The molecule has 3 nitrogen and oxygen atoms in total. The van der Waals surface area contributed by atoms with E-state index in [9.17, 15) is 13.6 Å². The van der Waals surface area contributed by atoms with Crippen LogP contribution in [0, 0.1) is 11.7 Å². The molecule has 0 aromatic heterocycles. The Kier molecular flexibility index (Phi) is 5.67. The van der Waals surface area contributed by atoms with Gasteiger partial charge in [-0.3, -0.25) is 9.18 Å². The molecule has 0 unspecified atom stereocenters. The Hall–Kier alpha value is -1.49. The Labute approximate surface area is 124 Å². The van der Waals surface area contributed by atoms with Crippen molar-refractivity contribution < 1.29 is 13.6 Å². The second kappa shape index (κ2) is 7.50. The number of nitrogens with zero attached hydrogens (tertiary/aromatic N) is 1. The van der Waals surface area contributed by atoms with Crippen molar-refractivity contribution in [2.24, 2.45) is 11.7 Å². The average molecular weight is 296 g/mol. The van der Waals surface area contributed by atoms with E-state index >= 15 is 0 Å². The summed E-state index contributed by atoms with van der Waals surface area (Å²) in [6.07, 6.45) is 1.98. The van der Waals surface area contributed by atoms with Crippen LogP contribution in [0.25, 0.3) is 0 Å². The summed E-state index contributed by atoms with van der Waals surface area (Å²) in [7, 11) is 0. The van der Waals surface area contributed by atoms with Crippen molar-refractivity contribution in [3.8, 4) is 0 Å². The number of hydrogen-bond donors (Lipinski definition) is 1. The van der Waals surface area contributed by atoms with Gasteiger partial charge in [-0.15, -0.1) is 0 Å². The summed E-state index contributed by atoms with van der Waals surface area (Å²) >= 11 is 0. The van der Waals surface area contributed by atoms with Gasteiger partial charge in [-0.25, -0.2) is 4.39 Å². The maximum absolute atomic E-state index is 13.5. The second-order valence-corrected chi connectivity index (χ2v) is 5.74. The maximum Gasteiger partial charge on any atom is 0.224 e. The first-order chi connectivity index (χ1) is 10.1. The normalized spacial score (nSPS) is 17.8. The van der Waals surface area contributed by atoms with E-state index in [-0.39, 0.29) is 30.7 Å². The van der Waals surface area contributed by atoms with Gasteiger partial charge in [0.05, 0.1) is 6.67 Å². The van der Waals surface area contributed by atoms with Crippen molar-refractivity contribution in [1.29, 1.82) is 0 Å². The highest BCUT2D eigenvalue weighted by molar-refractivity contribution is 5.77. The van der Waals surface area contributed by atoms with E-state index < -0.39 is 6.04 Å². The van der Waals surface area contributed by atoms with Crippen LogP contribution in [0.15, 0.2) is 24.3 Å². The summed E-state index contributed by atoms with van der Waals surface area (Å²) in [6.45, 7) is 0.883. The van der Waals surface area contributed by atoms with E-state index in [1.54, 1.807) is 23.1 Å². The standard InChI is InChI=1S/C16H22F2N2O/c17-11-12-5-7-20(8-6-12)16(21)10-14(19)9-13-3-1-2-4-15(13)18/h1-4,12,14H,5-11,19H2/t14-/m1/s1. The molecular formula is C16H22F2N2O. The third kappa shape index (κ3) is 4.49. The van der Waals surface area contributed by atoms with Crippen LogP contribution in [0.4, 0.5) is 8.78 Å². The number of carbonyl (C=O) groups excluding carboxylic acids is 1. The highest BCUT2D eigenvalue weighted by atomic mass is 19.1. The predicted molar refractivity (Wildman–Crippen MR) is 78.0 cm³/mol. The average Bonchev–Trinajstić information content (AvgIpc) is 2.49. The van der Waals surface area contributed by atoms with Crippen LogP contribution in [0.5, 0.6) is 0 Å². The molecule has 1 atom stereocenters. The van der Waals surface area contributed by atoms with Crippen LogP contribution in [0.2, 0.25) is 0 Å². The molecule has 2 rings (SSSR count). The SMILES string of the molecule is N[C@@H](CC(=O)N1CCC(CF)CC1)Cc1ccccc1F. The Bertz CT molecular complexity index is 473. The highest BCUT2D eigenvalue weighted by Crippen LogP contribution is 2.18. The van der Waals surface area contributed by atoms with Crippen molar-refractivity contribution >= 4 is 5.91 Å². The van der Waals surface area contributed by atoms with Crippen molar-refractivity contribution in [3.63, 3.8) is 0 Å². The highest BCUT2D eigenvalue weighted by Gasteiger charge is 2.24. The van der Waals surface area contributed by atoms with E-state index in [1.807, 2.05) is 0 Å². The van der Waals surface area contributed by atoms with Gasteiger partial charge in [-0.1, -0.05) is 18.2 Å². The third-order valence-electron chi connectivity index (χ3n) is 4.06. The summed E-state index contributed by atoms with van der Waals surface area (Å²) in [5.41, 5.74) is 6.50. The van der Waals surface area contributed by atoms with Crippen LogP contribution in [0.3, 0.4) is 0 Å². The number of amides is 1. The molecule has 0 spiro atoms. The van der Waals surface area contributed by atoms with E-state index in [0.717, 1.165) is 0 Å². The minimum Gasteiger partial charge on any atom is -0.343 e. The lowest BCUT2D eigenvalue weighted by molar-refractivity contribution is -0.133. The molecule has 1 aliphatic rings. The summed E-state index contributed by atoms with van der Waals surface area (Å²) < 4.78 is 26.1. The topological polar surface area (TPSA) is 46.3 Å². The van der Waals surface area contributed by atoms with Gasteiger partial charge in [-0.05, 0) is 36.8 Å². The van der Waals surface area contributed by atoms with Gasteiger partial charge in [0.25, 0.3) is 0 Å². The van der Waals surface area contributed by atoms with Gasteiger partial charge in [-0.2, -0.15) is 0 Å². The lowest BCUT2D eigenvalue weighted by atomic mass is 9.97. The fraction of sp³-hybridized carbons (Fsp3) is 0.562. The monoisotopic (exact) mass is 296 g/mol. The molecule has 0 saturated carbocycles. The Morgan fingerprint density at radius 1 is 1.33 bits per heavy atom. The summed E-state index contributed by atoms with van der Waals surface area (Å²) in [6, 6.07) is 6.07. The van der Waals surface area contributed by atoms with Gasteiger partial charge in [0.1, 0.15) is 5.82 Å². The number of alkyl halides is 1. The minimum atomic E-state index is -0.395. The van der Waals surface area contributed by atoms with E-state index in [2.05, 4.69) is 0 Å². The molecule has 0 aliphatic carbocycles. The van der Waals surface area contributed by atoms with Crippen molar-refractivity contribution in [3.05, 3.63) is 35.6 Å². The number of rotatable bonds is 5. The van der Waals surface area contributed by atoms with Crippen molar-refractivity contribution in [2.45, 2.75) is 31.7 Å². The van der Waals surface area contributed by atoms with Gasteiger partial charge in [0, 0.05) is 25.6 Å². The Morgan fingerprint density at radius 3 is 2.62 bits per heavy atom. The Balaban J connectivity index is 1.81. The minimum absolute atomic E-state index is 0.0175. The van der Waals surface area contributed by atoms with Gasteiger partial charge in [0.15, 0.2) is 0 Å². The van der Waals surface area contributed by atoms with Crippen molar-refractivity contribution in [2.75, 3.05) is 19.8 Å².